The maximum atomic E-state index is 13.0. The first-order valence-electron chi connectivity index (χ1n) is 8.73. The van der Waals surface area contributed by atoms with Crippen LogP contribution in [0.3, 0.4) is 0 Å². The minimum atomic E-state index is -0.988. The topological polar surface area (TPSA) is 116 Å². The first-order valence-corrected chi connectivity index (χ1v) is 8.73. The normalized spacial score (nSPS) is 22.5. The number of anilines is 1. The van der Waals surface area contributed by atoms with Gasteiger partial charge in [0.1, 0.15) is 6.04 Å². The van der Waals surface area contributed by atoms with Gasteiger partial charge in [-0.3, -0.25) is 34.2 Å². The molecule has 3 aliphatic heterocycles. The molecule has 2 saturated heterocycles. The Hall–Kier alpha value is -3.23. The van der Waals surface area contributed by atoms with E-state index in [4.69, 9.17) is 0 Å². The van der Waals surface area contributed by atoms with Gasteiger partial charge in [0.2, 0.25) is 17.7 Å². The fourth-order valence-electron chi connectivity index (χ4n) is 3.81. The summed E-state index contributed by atoms with van der Waals surface area (Å²) in [5, 5.41) is 4.78. The molecule has 9 nitrogen and oxygen atoms in total. The monoisotopic (exact) mass is 370 g/mol. The molecule has 1 aromatic rings. The van der Waals surface area contributed by atoms with Crippen LogP contribution in [0.1, 0.15) is 33.6 Å². The summed E-state index contributed by atoms with van der Waals surface area (Å²) in [6.45, 7) is 0.909. The van der Waals surface area contributed by atoms with Gasteiger partial charge in [-0.15, -0.1) is 0 Å². The van der Waals surface area contributed by atoms with Crippen molar-refractivity contribution in [1.29, 1.82) is 0 Å². The molecule has 3 aliphatic rings. The minimum absolute atomic E-state index is 0.0635. The summed E-state index contributed by atoms with van der Waals surface area (Å²) in [6.07, 6.45) is 0.199. The van der Waals surface area contributed by atoms with Gasteiger partial charge in [-0.1, -0.05) is 6.07 Å². The maximum absolute atomic E-state index is 13.0. The smallest absolute Gasteiger partial charge is 0.264 e. The van der Waals surface area contributed by atoms with Crippen LogP contribution < -0.4 is 15.5 Å². The van der Waals surface area contributed by atoms with Gasteiger partial charge in [0.25, 0.3) is 11.8 Å². The molecule has 0 aliphatic carbocycles. The molecule has 1 aromatic carbocycles. The van der Waals surface area contributed by atoms with E-state index in [0.717, 1.165) is 4.90 Å². The lowest BCUT2D eigenvalue weighted by Gasteiger charge is -2.40. The predicted octanol–water partition coefficient (Wildman–Crippen LogP) is -0.730. The lowest BCUT2D eigenvalue weighted by molar-refractivity contribution is -0.136. The second kappa shape index (κ2) is 6.19. The number of fused-ring (bicyclic) bond motifs is 1. The maximum Gasteiger partial charge on any atom is 0.264 e. The molecule has 0 aromatic heterocycles. The third-order valence-corrected chi connectivity index (χ3v) is 5.29. The van der Waals surface area contributed by atoms with Crippen molar-refractivity contribution in [3.63, 3.8) is 0 Å². The summed E-state index contributed by atoms with van der Waals surface area (Å²) in [7, 11) is 1.57. The zero-order valence-electron chi connectivity index (χ0n) is 14.7. The van der Waals surface area contributed by atoms with Crippen LogP contribution in [-0.2, 0) is 14.4 Å². The lowest BCUT2D eigenvalue weighted by Crippen LogP contribution is -2.55. The number of benzene rings is 1. The standard InChI is InChI=1S/C18H18N4O5/c1-19-15(24)9-7-21(8-9)11-4-2-3-10-14(11)18(27)22(17(10)26)12-5-6-13(23)20-16(12)25/h2-4,9,12H,5-8H2,1H3,(H,19,24)(H,20,23,25). The van der Waals surface area contributed by atoms with Crippen LogP contribution in [0.2, 0.25) is 0 Å². The Kier molecular flexibility index (Phi) is 3.94. The number of hydrogen-bond acceptors (Lipinski definition) is 6. The Bertz CT molecular complexity index is 890. The van der Waals surface area contributed by atoms with Gasteiger partial charge in [0.05, 0.1) is 22.7 Å². The SMILES string of the molecule is CNC(=O)C1CN(c2cccc3c2C(=O)N(C2CCC(=O)NC2=O)C3=O)C1. The summed E-state index contributed by atoms with van der Waals surface area (Å²) in [5.41, 5.74) is 1.08. The summed E-state index contributed by atoms with van der Waals surface area (Å²) in [4.78, 5) is 63.8. The molecule has 4 rings (SSSR count). The molecule has 0 saturated carbocycles. The second-order valence-corrected chi connectivity index (χ2v) is 6.86. The summed E-state index contributed by atoms with van der Waals surface area (Å²) in [5.74, 6) is -2.34. The zero-order valence-corrected chi connectivity index (χ0v) is 14.7. The van der Waals surface area contributed by atoms with Crippen LogP contribution >= 0.6 is 0 Å². The van der Waals surface area contributed by atoms with Crippen LogP contribution in [0.15, 0.2) is 18.2 Å². The van der Waals surface area contributed by atoms with E-state index >= 15 is 0 Å². The third kappa shape index (κ3) is 2.57. The Morgan fingerprint density at radius 3 is 2.56 bits per heavy atom. The van der Waals surface area contributed by atoms with Crippen molar-refractivity contribution in [1.82, 2.24) is 15.5 Å². The lowest BCUT2D eigenvalue weighted by atomic mass is 9.96. The van der Waals surface area contributed by atoms with Crippen molar-refractivity contribution in [3.8, 4) is 0 Å². The van der Waals surface area contributed by atoms with Gasteiger partial charge in [-0.2, -0.15) is 0 Å². The predicted molar refractivity (Wildman–Crippen MR) is 92.9 cm³/mol. The number of rotatable bonds is 3. The van der Waals surface area contributed by atoms with Gasteiger partial charge in [-0.05, 0) is 18.6 Å². The van der Waals surface area contributed by atoms with Gasteiger partial charge in [-0.25, -0.2) is 0 Å². The summed E-state index contributed by atoms with van der Waals surface area (Å²) in [6, 6.07) is 3.98. The molecular weight excluding hydrogens is 352 g/mol. The van der Waals surface area contributed by atoms with E-state index in [0.29, 0.717) is 18.8 Å². The highest BCUT2D eigenvalue weighted by Crippen LogP contribution is 2.36. The van der Waals surface area contributed by atoms with Crippen molar-refractivity contribution in [2.75, 3.05) is 25.0 Å². The molecule has 0 radical (unpaired) electrons. The number of nitrogens with one attached hydrogen (secondary N) is 2. The van der Waals surface area contributed by atoms with Crippen molar-refractivity contribution in [3.05, 3.63) is 29.3 Å². The summed E-state index contributed by atoms with van der Waals surface area (Å²) < 4.78 is 0. The van der Waals surface area contributed by atoms with E-state index in [1.54, 1.807) is 25.2 Å². The van der Waals surface area contributed by atoms with E-state index in [1.807, 2.05) is 4.90 Å². The van der Waals surface area contributed by atoms with Crippen molar-refractivity contribution in [2.45, 2.75) is 18.9 Å². The van der Waals surface area contributed by atoms with E-state index < -0.39 is 29.7 Å². The average molecular weight is 370 g/mol. The van der Waals surface area contributed by atoms with Gasteiger partial charge in [0, 0.05) is 26.6 Å². The molecular formula is C18H18N4O5. The molecule has 2 N–H and O–H groups in total. The molecule has 0 bridgehead atoms. The zero-order chi connectivity index (χ0) is 19.3. The molecule has 3 heterocycles. The van der Waals surface area contributed by atoms with Crippen molar-refractivity contribution >= 4 is 35.2 Å². The molecule has 2 fully saturated rings. The number of amides is 5. The molecule has 9 heteroatoms. The number of hydrogen-bond donors (Lipinski definition) is 2. The fraction of sp³-hybridized carbons (Fsp3) is 0.389. The van der Waals surface area contributed by atoms with E-state index in [2.05, 4.69) is 10.6 Å². The Morgan fingerprint density at radius 2 is 1.89 bits per heavy atom. The highest BCUT2D eigenvalue weighted by molar-refractivity contribution is 6.25. The number of imide groups is 2. The van der Waals surface area contributed by atoms with Crippen LogP contribution in [0.25, 0.3) is 0 Å². The van der Waals surface area contributed by atoms with Crippen LogP contribution in [-0.4, -0.2) is 60.6 Å². The number of carbonyl (C=O) groups excluding carboxylic acids is 5. The van der Waals surface area contributed by atoms with E-state index in [1.165, 1.54) is 0 Å². The molecule has 27 heavy (non-hydrogen) atoms. The molecule has 5 amide bonds. The Morgan fingerprint density at radius 1 is 1.15 bits per heavy atom. The van der Waals surface area contributed by atoms with Crippen molar-refractivity contribution < 1.29 is 24.0 Å². The van der Waals surface area contributed by atoms with Gasteiger partial charge < -0.3 is 10.2 Å². The van der Waals surface area contributed by atoms with E-state index in [-0.39, 0.29) is 35.8 Å². The fourth-order valence-corrected chi connectivity index (χ4v) is 3.81. The van der Waals surface area contributed by atoms with Crippen LogP contribution in [0.4, 0.5) is 5.69 Å². The first-order chi connectivity index (χ1) is 12.9. The average Bonchev–Trinajstić information content (AvgIpc) is 2.86. The van der Waals surface area contributed by atoms with Gasteiger partial charge >= 0.3 is 0 Å². The van der Waals surface area contributed by atoms with Crippen LogP contribution in [0.5, 0.6) is 0 Å². The highest BCUT2D eigenvalue weighted by Gasteiger charge is 2.47. The van der Waals surface area contributed by atoms with Gasteiger partial charge in [0.15, 0.2) is 0 Å². The minimum Gasteiger partial charge on any atom is -0.369 e. The quantitative estimate of drug-likeness (QED) is 0.678. The number of piperidine rings is 1. The first kappa shape index (κ1) is 17.2. The number of carbonyl (C=O) groups is 5. The van der Waals surface area contributed by atoms with Crippen molar-refractivity contribution in [2.24, 2.45) is 5.92 Å². The Labute approximate surface area is 154 Å². The largest absolute Gasteiger partial charge is 0.369 e. The molecule has 1 atom stereocenters. The van der Waals surface area contributed by atoms with E-state index in [9.17, 15) is 24.0 Å². The third-order valence-electron chi connectivity index (χ3n) is 5.29. The molecule has 0 spiro atoms. The Balaban J connectivity index is 1.62. The molecule has 1 unspecified atom stereocenters. The highest BCUT2D eigenvalue weighted by atomic mass is 16.2. The number of nitrogens with zero attached hydrogens (tertiary/aromatic N) is 2. The molecule has 140 valence electrons. The second-order valence-electron chi connectivity index (χ2n) is 6.86. The summed E-state index contributed by atoms with van der Waals surface area (Å²) >= 11 is 0. The van der Waals surface area contributed by atoms with Crippen LogP contribution in [0, 0.1) is 5.92 Å².